The van der Waals surface area contributed by atoms with Crippen LogP contribution in [0.4, 0.5) is 0 Å². The molecule has 1 aliphatic carbocycles. The minimum Gasteiger partial charge on any atom is -0.411 e. The number of aromatic nitrogens is 2. The van der Waals surface area contributed by atoms with Crippen molar-refractivity contribution >= 4 is 11.8 Å². The van der Waals surface area contributed by atoms with E-state index in [0.29, 0.717) is 16.4 Å². The van der Waals surface area contributed by atoms with E-state index in [2.05, 4.69) is 10.2 Å². The van der Waals surface area contributed by atoms with Crippen LogP contribution in [0.1, 0.15) is 25.7 Å². The minimum absolute atomic E-state index is 0.617. The normalized spacial score (nSPS) is 16.5. The first kappa shape index (κ1) is 10.8. The topological polar surface area (TPSA) is 38.9 Å². The highest BCUT2D eigenvalue weighted by Gasteiger charge is 2.19. The van der Waals surface area contributed by atoms with E-state index in [-0.39, 0.29) is 0 Å². The van der Waals surface area contributed by atoms with E-state index in [4.69, 9.17) is 4.42 Å². The fourth-order valence-corrected chi connectivity index (χ4v) is 3.17. The fraction of sp³-hybridized carbons (Fsp3) is 0.385. The number of nitrogens with zero attached hydrogens (tertiary/aromatic N) is 2. The van der Waals surface area contributed by atoms with E-state index in [1.54, 1.807) is 11.8 Å². The molecule has 0 amide bonds. The monoisotopic (exact) mass is 246 g/mol. The van der Waals surface area contributed by atoms with Gasteiger partial charge >= 0.3 is 0 Å². The lowest BCUT2D eigenvalue weighted by molar-refractivity contribution is 0.464. The molecule has 0 N–H and O–H groups in total. The van der Waals surface area contributed by atoms with Crippen LogP contribution in [-0.4, -0.2) is 15.4 Å². The summed E-state index contributed by atoms with van der Waals surface area (Å²) >= 11 is 1.73. The summed E-state index contributed by atoms with van der Waals surface area (Å²) in [6, 6.07) is 9.90. The molecule has 4 heteroatoms. The minimum atomic E-state index is 0.617. The van der Waals surface area contributed by atoms with Gasteiger partial charge in [-0.05, 0) is 25.0 Å². The first-order chi connectivity index (χ1) is 8.42. The Morgan fingerprint density at radius 1 is 1.06 bits per heavy atom. The van der Waals surface area contributed by atoms with Crippen LogP contribution in [0, 0.1) is 0 Å². The molecular weight excluding hydrogens is 232 g/mol. The highest BCUT2D eigenvalue weighted by Crippen LogP contribution is 2.34. The number of hydrogen-bond donors (Lipinski definition) is 0. The van der Waals surface area contributed by atoms with Crippen molar-refractivity contribution in [3.05, 3.63) is 30.3 Å². The standard InChI is InChI=1S/C13H14N2OS/c1-2-6-10(7-3-1)12-14-15-13(16-12)17-11-8-4-5-9-11/h1-3,6-7,11H,4-5,8-9H2. The molecule has 0 radical (unpaired) electrons. The summed E-state index contributed by atoms with van der Waals surface area (Å²) < 4.78 is 5.67. The van der Waals surface area contributed by atoms with Gasteiger partial charge in [-0.1, -0.05) is 42.8 Å². The summed E-state index contributed by atoms with van der Waals surface area (Å²) in [4.78, 5) is 0. The van der Waals surface area contributed by atoms with Crippen molar-refractivity contribution < 1.29 is 4.42 Å². The van der Waals surface area contributed by atoms with Gasteiger partial charge in [-0.2, -0.15) is 0 Å². The second-order valence-corrected chi connectivity index (χ2v) is 5.52. The SMILES string of the molecule is c1ccc(-c2nnc(SC3CCCC3)o2)cc1. The summed E-state index contributed by atoms with van der Waals surface area (Å²) in [5.41, 5.74) is 0.985. The molecular formula is C13H14N2OS. The number of rotatable bonds is 3. The molecule has 0 bridgehead atoms. The van der Waals surface area contributed by atoms with E-state index in [9.17, 15) is 0 Å². The quantitative estimate of drug-likeness (QED) is 0.826. The third-order valence-corrected chi connectivity index (χ3v) is 4.17. The second kappa shape index (κ2) is 4.92. The van der Waals surface area contributed by atoms with Gasteiger partial charge in [-0.25, -0.2) is 0 Å². The molecule has 3 nitrogen and oxygen atoms in total. The number of hydrogen-bond acceptors (Lipinski definition) is 4. The molecule has 1 aliphatic rings. The molecule has 1 heterocycles. The van der Waals surface area contributed by atoms with Crippen LogP contribution in [0.15, 0.2) is 40.0 Å². The summed E-state index contributed by atoms with van der Waals surface area (Å²) in [6.07, 6.45) is 5.20. The predicted octanol–water partition coefficient (Wildman–Crippen LogP) is 3.77. The third-order valence-electron chi connectivity index (χ3n) is 3.00. The van der Waals surface area contributed by atoms with Crippen molar-refractivity contribution in [3.8, 4) is 11.5 Å². The van der Waals surface area contributed by atoms with Crippen LogP contribution in [0.25, 0.3) is 11.5 Å². The largest absolute Gasteiger partial charge is 0.411 e. The van der Waals surface area contributed by atoms with E-state index >= 15 is 0 Å². The van der Waals surface area contributed by atoms with Crippen LogP contribution < -0.4 is 0 Å². The summed E-state index contributed by atoms with van der Waals surface area (Å²) in [6.45, 7) is 0. The molecule has 0 aliphatic heterocycles. The van der Waals surface area contributed by atoms with Crippen molar-refractivity contribution in [1.29, 1.82) is 0 Å². The van der Waals surface area contributed by atoms with Crippen LogP contribution in [-0.2, 0) is 0 Å². The van der Waals surface area contributed by atoms with Crippen molar-refractivity contribution in [2.45, 2.75) is 36.2 Å². The average molecular weight is 246 g/mol. The van der Waals surface area contributed by atoms with Gasteiger partial charge in [0, 0.05) is 10.8 Å². The molecule has 17 heavy (non-hydrogen) atoms. The Bertz CT molecular complexity index is 477. The zero-order valence-corrected chi connectivity index (χ0v) is 10.3. The maximum Gasteiger partial charge on any atom is 0.277 e. The fourth-order valence-electron chi connectivity index (χ4n) is 2.10. The van der Waals surface area contributed by atoms with Gasteiger partial charge in [0.25, 0.3) is 5.22 Å². The van der Waals surface area contributed by atoms with Crippen molar-refractivity contribution in [2.24, 2.45) is 0 Å². The Labute approximate surface area is 105 Å². The zero-order chi connectivity index (χ0) is 11.5. The predicted molar refractivity (Wildman–Crippen MR) is 67.8 cm³/mol. The van der Waals surface area contributed by atoms with Crippen LogP contribution >= 0.6 is 11.8 Å². The Morgan fingerprint density at radius 2 is 1.82 bits per heavy atom. The molecule has 1 saturated carbocycles. The van der Waals surface area contributed by atoms with Gasteiger partial charge in [0.05, 0.1) is 0 Å². The lowest BCUT2D eigenvalue weighted by Crippen LogP contribution is -1.92. The molecule has 2 aromatic rings. The molecule has 0 spiro atoms. The van der Waals surface area contributed by atoms with E-state index in [1.165, 1.54) is 25.7 Å². The van der Waals surface area contributed by atoms with Crippen molar-refractivity contribution in [2.75, 3.05) is 0 Å². The van der Waals surface area contributed by atoms with Crippen LogP contribution in [0.5, 0.6) is 0 Å². The molecule has 0 unspecified atom stereocenters. The first-order valence-electron chi connectivity index (χ1n) is 5.97. The van der Waals surface area contributed by atoms with Crippen molar-refractivity contribution in [3.63, 3.8) is 0 Å². The Morgan fingerprint density at radius 3 is 2.59 bits per heavy atom. The van der Waals surface area contributed by atoms with Crippen LogP contribution in [0.2, 0.25) is 0 Å². The summed E-state index contributed by atoms with van der Waals surface area (Å²) in [7, 11) is 0. The maximum atomic E-state index is 5.67. The smallest absolute Gasteiger partial charge is 0.277 e. The third kappa shape index (κ3) is 2.52. The lowest BCUT2D eigenvalue weighted by Gasteiger charge is -2.02. The molecule has 1 fully saturated rings. The van der Waals surface area contributed by atoms with Gasteiger partial charge < -0.3 is 4.42 Å². The molecule has 88 valence electrons. The maximum absolute atomic E-state index is 5.67. The highest BCUT2D eigenvalue weighted by molar-refractivity contribution is 7.99. The Balaban J connectivity index is 1.74. The molecule has 3 rings (SSSR count). The van der Waals surface area contributed by atoms with Gasteiger partial charge in [0.1, 0.15) is 0 Å². The average Bonchev–Trinajstić information content (AvgIpc) is 3.02. The number of thioether (sulfide) groups is 1. The number of benzene rings is 1. The first-order valence-corrected chi connectivity index (χ1v) is 6.85. The summed E-state index contributed by atoms with van der Waals surface area (Å²) in [5, 5.41) is 9.56. The molecule has 0 atom stereocenters. The van der Waals surface area contributed by atoms with Crippen LogP contribution in [0.3, 0.4) is 0 Å². The molecule has 1 aromatic carbocycles. The highest BCUT2D eigenvalue weighted by atomic mass is 32.2. The summed E-state index contributed by atoms with van der Waals surface area (Å²) in [5.74, 6) is 0.617. The van der Waals surface area contributed by atoms with Gasteiger partial charge in [0.15, 0.2) is 0 Å². The lowest BCUT2D eigenvalue weighted by atomic mass is 10.2. The van der Waals surface area contributed by atoms with E-state index in [1.807, 2.05) is 30.3 Å². The van der Waals surface area contributed by atoms with E-state index < -0.39 is 0 Å². The van der Waals surface area contributed by atoms with E-state index in [0.717, 1.165) is 5.56 Å². The van der Waals surface area contributed by atoms with Gasteiger partial charge in [0.2, 0.25) is 5.89 Å². The Hall–Kier alpha value is -1.29. The second-order valence-electron chi connectivity index (χ2n) is 4.26. The van der Waals surface area contributed by atoms with Crippen molar-refractivity contribution in [1.82, 2.24) is 10.2 Å². The Kier molecular flexibility index (Phi) is 3.14. The molecule has 0 saturated heterocycles. The zero-order valence-electron chi connectivity index (χ0n) is 9.50. The molecule has 1 aromatic heterocycles. The van der Waals surface area contributed by atoms with Gasteiger partial charge in [-0.3, -0.25) is 0 Å². The van der Waals surface area contributed by atoms with Gasteiger partial charge in [-0.15, -0.1) is 10.2 Å².